The molecule has 0 aliphatic carbocycles. The molecule has 2 rings (SSSR count). The zero-order chi connectivity index (χ0) is 16.4. The Bertz CT molecular complexity index is 665. The number of rotatable bonds is 4. The summed E-state index contributed by atoms with van der Waals surface area (Å²) in [4.78, 5) is 49.3. The molecule has 22 heavy (non-hydrogen) atoms. The molecule has 1 aromatic rings. The molecule has 0 N–H and O–H groups in total. The van der Waals surface area contributed by atoms with Crippen molar-refractivity contribution in [3.05, 3.63) is 34.9 Å². The van der Waals surface area contributed by atoms with Gasteiger partial charge in [-0.3, -0.25) is 24.1 Å². The van der Waals surface area contributed by atoms with E-state index in [-0.39, 0.29) is 13.2 Å². The SMILES string of the molecule is CCOC(=O)C(C(C)=O)C(=O)N1Cc2cccc(C)c2C1=O. The van der Waals surface area contributed by atoms with Crippen molar-refractivity contribution in [1.82, 2.24) is 4.90 Å². The lowest BCUT2D eigenvalue weighted by atomic mass is 10.0. The highest BCUT2D eigenvalue weighted by Gasteiger charge is 2.42. The monoisotopic (exact) mass is 303 g/mol. The van der Waals surface area contributed by atoms with Gasteiger partial charge < -0.3 is 4.74 Å². The molecule has 0 radical (unpaired) electrons. The smallest absolute Gasteiger partial charge is 0.326 e. The third-order valence-corrected chi connectivity index (χ3v) is 3.59. The van der Waals surface area contributed by atoms with Crippen LogP contribution in [0.5, 0.6) is 0 Å². The second kappa shape index (κ2) is 6.09. The van der Waals surface area contributed by atoms with Gasteiger partial charge in [0.2, 0.25) is 0 Å². The molecule has 0 bridgehead atoms. The van der Waals surface area contributed by atoms with Gasteiger partial charge >= 0.3 is 5.97 Å². The zero-order valence-electron chi connectivity index (χ0n) is 12.7. The van der Waals surface area contributed by atoms with E-state index >= 15 is 0 Å². The van der Waals surface area contributed by atoms with Crippen molar-refractivity contribution >= 4 is 23.6 Å². The summed E-state index contributed by atoms with van der Waals surface area (Å²) in [6, 6.07) is 5.32. The molecule has 6 heteroatoms. The lowest BCUT2D eigenvalue weighted by Gasteiger charge is -2.18. The molecule has 116 valence electrons. The molecule has 1 unspecified atom stereocenters. The highest BCUT2D eigenvalue weighted by molar-refractivity contribution is 6.21. The Labute approximate surface area is 128 Å². The third kappa shape index (κ3) is 2.64. The van der Waals surface area contributed by atoms with Crippen LogP contribution >= 0.6 is 0 Å². The minimum absolute atomic E-state index is 0.0587. The maximum atomic E-state index is 12.5. The van der Waals surface area contributed by atoms with Crippen molar-refractivity contribution in [2.75, 3.05) is 6.61 Å². The number of carbonyl (C=O) groups is 4. The van der Waals surface area contributed by atoms with Gasteiger partial charge in [-0.05, 0) is 31.9 Å². The molecule has 2 amide bonds. The van der Waals surface area contributed by atoms with Gasteiger partial charge in [-0.1, -0.05) is 18.2 Å². The number of hydrogen-bond donors (Lipinski definition) is 0. The number of aryl methyl sites for hydroxylation is 1. The van der Waals surface area contributed by atoms with E-state index in [4.69, 9.17) is 4.74 Å². The van der Waals surface area contributed by atoms with E-state index in [1.54, 1.807) is 32.0 Å². The molecule has 1 aromatic carbocycles. The molecule has 1 aliphatic heterocycles. The predicted molar refractivity (Wildman–Crippen MR) is 76.9 cm³/mol. The first-order valence-corrected chi connectivity index (χ1v) is 6.99. The second-order valence-corrected chi connectivity index (χ2v) is 5.13. The minimum Gasteiger partial charge on any atom is -0.465 e. The van der Waals surface area contributed by atoms with Crippen LogP contribution in [0.1, 0.15) is 35.3 Å². The van der Waals surface area contributed by atoms with Crippen LogP contribution in [0.15, 0.2) is 18.2 Å². The zero-order valence-corrected chi connectivity index (χ0v) is 12.7. The van der Waals surface area contributed by atoms with Gasteiger partial charge in [0.25, 0.3) is 11.8 Å². The summed E-state index contributed by atoms with van der Waals surface area (Å²) in [5, 5.41) is 0. The second-order valence-electron chi connectivity index (χ2n) is 5.13. The number of ether oxygens (including phenoxy) is 1. The normalized spacial score (nSPS) is 14.5. The number of amides is 2. The summed E-state index contributed by atoms with van der Waals surface area (Å²) in [5.74, 6) is -4.44. The van der Waals surface area contributed by atoms with Crippen LogP contribution < -0.4 is 0 Å². The van der Waals surface area contributed by atoms with Gasteiger partial charge in [-0.25, -0.2) is 0 Å². The number of esters is 1. The molecule has 0 saturated carbocycles. The third-order valence-electron chi connectivity index (χ3n) is 3.59. The van der Waals surface area contributed by atoms with Gasteiger partial charge in [0, 0.05) is 5.56 Å². The van der Waals surface area contributed by atoms with Crippen LogP contribution in [0.2, 0.25) is 0 Å². The molecule has 0 saturated heterocycles. The van der Waals surface area contributed by atoms with Gasteiger partial charge in [-0.2, -0.15) is 0 Å². The van der Waals surface area contributed by atoms with Gasteiger partial charge in [-0.15, -0.1) is 0 Å². The van der Waals surface area contributed by atoms with Crippen molar-refractivity contribution in [3.63, 3.8) is 0 Å². The van der Waals surface area contributed by atoms with E-state index in [2.05, 4.69) is 0 Å². The summed E-state index contributed by atoms with van der Waals surface area (Å²) in [6.07, 6.45) is 0. The summed E-state index contributed by atoms with van der Waals surface area (Å²) < 4.78 is 4.76. The highest BCUT2D eigenvalue weighted by atomic mass is 16.5. The standard InChI is InChI=1S/C16H17NO5/c1-4-22-16(21)13(10(3)18)15(20)17-8-11-7-5-6-9(2)12(11)14(17)19/h5-7,13H,4,8H2,1-3H3. The number of Topliss-reactive ketones (excluding diaryl/α,β-unsaturated/α-hetero) is 1. The number of fused-ring (bicyclic) bond motifs is 1. The quantitative estimate of drug-likeness (QED) is 0.617. The molecule has 6 nitrogen and oxygen atoms in total. The van der Waals surface area contributed by atoms with E-state index in [0.717, 1.165) is 17.4 Å². The van der Waals surface area contributed by atoms with Crippen molar-refractivity contribution in [3.8, 4) is 0 Å². The van der Waals surface area contributed by atoms with Gasteiger partial charge in [0.1, 0.15) is 0 Å². The summed E-state index contributed by atoms with van der Waals surface area (Å²) >= 11 is 0. The number of nitrogens with zero attached hydrogens (tertiary/aromatic N) is 1. The lowest BCUT2D eigenvalue weighted by molar-refractivity contribution is -0.157. The maximum Gasteiger partial charge on any atom is 0.326 e. The summed E-state index contributed by atoms with van der Waals surface area (Å²) in [6.45, 7) is 4.62. The minimum atomic E-state index is -1.58. The summed E-state index contributed by atoms with van der Waals surface area (Å²) in [7, 11) is 0. The van der Waals surface area contributed by atoms with E-state index < -0.39 is 29.5 Å². The Morgan fingerprint density at radius 1 is 1.32 bits per heavy atom. The van der Waals surface area contributed by atoms with Crippen molar-refractivity contribution in [1.29, 1.82) is 0 Å². The average Bonchev–Trinajstić information content (AvgIpc) is 2.77. The molecular weight excluding hydrogens is 286 g/mol. The average molecular weight is 303 g/mol. The molecule has 1 atom stereocenters. The molecule has 1 aliphatic rings. The molecule has 1 heterocycles. The topological polar surface area (TPSA) is 80.8 Å². The molecule has 0 aromatic heterocycles. The number of benzene rings is 1. The Morgan fingerprint density at radius 2 is 2.00 bits per heavy atom. The fourth-order valence-corrected chi connectivity index (χ4v) is 2.54. The molecule has 0 spiro atoms. The Balaban J connectivity index is 2.31. The number of hydrogen-bond acceptors (Lipinski definition) is 5. The number of carbonyl (C=O) groups excluding carboxylic acids is 4. The van der Waals surface area contributed by atoms with Crippen LogP contribution in [-0.4, -0.2) is 35.1 Å². The van der Waals surface area contributed by atoms with Crippen LogP contribution in [-0.2, 0) is 25.7 Å². The van der Waals surface area contributed by atoms with Crippen molar-refractivity contribution in [2.45, 2.75) is 27.3 Å². The van der Waals surface area contributed by atoms with Gasteiger partial charge in [0.15, 0.2) is 11.7 Å². The first-order valence-electron chi connectivity index (χ1n) is 6.99. The Kier molecular flexibility index (Phi) is 4.40. The fraction of sp³-hybridized carbons (Fsp3) is 0.375. The highest BCUT2D eigenvalue weighted by Crippen LogP contribution is 2.27. The van der Waals surface area contributed by atoms with Gasteiger partial charge in [0.05, 0.1) is 13.2 Å². The first kappa shape index (κ1) is 15.9. The summed E-state index contributed by atoms with van der Waals surface area (Å²) in [5.41, 5.74) is 1.93. The van der Waals surface area contributed by atoms with Crippen molar-refractivity contribution < 1.29 is 23.9 Å². The lowest BCUT2D eigenvalue weighted by Crippen LogP contribution is -2.43. The van der Waals surface area contributed by atoms with E-state index in [1.165, 1.54) is 0 Å². The number of imide groups is 1. The van der Waals surface area contributed by atoms with Crippen molar-refractivity contribution in [2.24, 2.45) is 5.92 Å². The number of ketones is 1. The van der Waals surface area contributed by atoms with E-state index in [0.29, 0.717) is 11.1 Å². The Morgan fingerprint density at radius 3 is 2.55 bits per heavy atom. The fourth-order valence-electron chi connectivity index (χ4n) is 2.54. The van der Waals surface area contributed by atoms with Crippen LogP contribution in [0.3, 0.4) is 0 Å². The van der Waals surface area contributed by atoms with E-state index in [1.807, 2.05) is 0 Å². The maximum absolute atomic E-state index is 12.5. The van der Waals surface area contributed by atoms with Crippen LogP contribution in [0.4, 0.5) is 0 Å². The van der Waals surface area contributed by atoms with E-state index in [9.17, 15) is 19.2 Å². The molecular formula is C16H17NO5. The Hall–Kier alpha value is -2.50. The first-order chi connectivity index (χ1) is 10.4. The van der Waals surface area contributed by atoms with Crippen LogP contribution in [0, 0.1) is 12.8 Å². The molecule has 0 fully saturated rings. The van der Waals surface area contributed by atoms with Crippen LogP contribution in [0.25, 0.3) is 0 Å². The largest absolute Gasteiger partial charge is 0.465 e. The predicted octanol–water partition coefficient (Wildman–Crippen LogP) is 1.25.